The number of benzene rings is 1. The first-order valence-electron chi connectivity index (χ1n) is 5.66. The minimum Gasteiger partial charge on any atom is -0.478 e. The van der Waals surface area contributed by atoms with Crippen molar-refractivity contribution in [1.82, 2.24) is 9.97 Å². The summed E-state index contributed by atoms with van der Waals surface area (Å²) in [5.41, 5.74) is 7.29. The number of nitrogens with zero attached hydrogens (tertiary/aromatic N) is 2. The Bertz CT molecular complexity index is 767. The lowest BCUT2D eigenvalue weighted by molar-refractivity contribution is 0.0697. The summed E-state index contributed by atoms with van der Waals surface area (Å²) in [6, 6.07) is 8.69. The molecule has 0 radical (unpaired) electrons. The zero-order valence-corrected chi connectivity index (χ0v) is 10.9. The number of fused-ring (bicyclic) bond motifs is 1. The van der Waals surface area contributed by atoms with Crippen LogP contribution in [0.3, 0.4) is 0 Å². The van der Waals surface area contributed by atoms with Crippen molar-refractivity contribution in [3.8, 4) is 0 Å². The van der Waals surface area contributed by atoms with Crippen molar-refractivity contribution in [3.63, 3.8) is 0 Å². The summed E-state index contributed by atoms with van der Waals surface area (Å²) in [5.74, 6) is -1.09. The highest BCUT2D eigenvalue weighted by atomic mass is 32.2. The van der Waals surface area contributed by atoms with Gasteiger partial charge in [-0.05, 0) is 30.0 Å². The number of nitrogen functional groups attached to an aromatic ring is 1. The Hall–Kier alpha value is -2.54. The van der Waals surface area contributed by atoms with Crippen LogP contribution in [0.15, 0.2) is 51.2 Å². The number of nitrogens with two attached hydrogens (primary N) is 1. The molecule has 0 aliphatic rings. The molecule has 0 fully saturated rings. The Morgan fingerprint density at radius 2 is 2.10 bits per heavy atom. The van der Waals surface area contributed by atoms with E-state index in [0.29, 0.717) is 15.8 Å². The van der Waals surface area contributed by atoms with E-state index in [1.807, 2.05) is 18.2 Å². The molecule has 0 amide bonds. The van der Waals surface area contributed by atoms with Gasteiger partial charge in [0.25, 0.3) is 5.22 Å². The van der Waals surface area contributed by atoms with Gasteiger partial charge >= 0.3 is 5.97 Å². The van der Waals surface area contributed by atoms with Crippen LogP contribution in [0.2, 0.25) is 0 Å². The number of rotatable bonds is 3. The van der Waals surface area contributed by atoms with Crippen molar-refractivity contribution in [2.24, 2.45) is 0 Å². The number of carbonyl (C=O) groups is 1. The van der Waals surface area contributed by atoms with Gasteiger partial charge in [0.05, 0.1) is 11.3 Å². The van der Waals surface area contributed by atoms with E-state index in [9.17, 15) is 4.79 Å². The molecule has 0 atom stereocenters. The smallest absolute Gasteiger partial charge is 0.337 e. The lowest BCUT2D eigenvalue weighted by Gasteiger charge is -2.04. The molecule has 3 aromatic rings. The van der Waals surface area contributed by atoms with E-state index in [1.54, 1.807) is 6.07 Å². The number of carboxylic acid groups (broad SMARTS) is 1. The van der Waals surface area contributed by atoms with E-state index < -0.39 is 5.97 Å². The van der Waals surface area contributed by atoms with E-state index in [4.69, 9.17) is 15.3 Å². The molecular formula is C13H9N3O3S. The highest BCUT2D eigenvalue weighted by molar-refractivity contribution is 7.99. The number of pyridine rings is 1. The monoisotopic (exact) mass is 287 g/mol. The second kappa shape index (κ2) is 4.86. The summed E-state index contributed by atoms with van der Waals surface area (Å²) < 4.78 is 5.54. The number of hydrogen-bond donors (Lipinski definition) is 2. The number of carboxylic acids is 1. The van der Waals surface area contributed by atoms with Crippen molar-refractivity contribution in [1.29, 1.82) is 0 Å². The van der Waals surface area contributed by atoms with Crippen LogP contribution in [-0.2, 0) is 0 Å². The summed E-state index contributed by atoms with van der Waals surface area (Å²) >= 11 is 1.09. The minimum atomic E-state index is -1.09. The zero-order chi connectivity index (χ0) is 14.1. The van der Waals surface area contributed by atoms with Gasteiger partial charge < -0.3 is 15.3 Å². The number of aromatic carboxylic acids is 1. The molecule has 0 saturated heterocycles. The number of anilines is 1. The fraction of sp³-hybridized carbons (Fsp3) is 0. The van der Waals surface area contributed by atoms with Crippen LogP contribution in [-0.4, -0.2) is 21.0 Å². The Morgan fingerprint density at radius 3 is 2.85 bits per heavy atom. The van der Waals surface area contributed by atoms with Gasteiger partial charge in [-0.3, -0.25) is 0 Å². The maximum Gasteiger partial charge on any atom is 0.337 e. The van der Waals surface area contributed by atoms with Crippen molar-refractivity contribution in [3.05, 3.63) is 42.1 Å². The predicted octanol–water partition coefficient (Wildman–Crippen LogP) is 2.65. The molecule has 2 heterocycles. The molecule has 0 unspecified atom stereocenters. The van der Waals surface area contributed by atoms with Gasteiger partial charge in [-0.1, -0.05) is 12.1 Å². The topological polar surface area (TPSA) is 102 Å². The molecule has 0 aliphatic heterocycles. The number of oxazole rings is 1. The van der Waals surface area contributed by atoms with Crippen molar-refractivity contribution >= 4 is 34.5 Å². The van der Waals surface area contributed by atoms with Gasteiger partial charge in [0.2, 0.25) is 0 Å². The zero-order valence-electron chi connectivity index (χ0n) is 10.1. The van der Waals surface area contributed by atoms with E-state index in [0.717, 1.165) is 17.3 Å². The van der Waals surface area contributed by atoms with E-state index in [-0.39, 0.29) is 11.3 Å². The Labute approximate surface area is 117 Å². The van der Waals surface area contributed by atoms with Gasteiger partial charge in [0.1, 0.15) is 10.5 Å². The molecule has 100 valence electrons. The third kappa shape index (κ3) is 2.19. The number of para-hydroxylation sites is 2. The highest BCUT2D eigenvalue weighted by Gasteiger charge is 2.15. The summed E-state index contributed by atoms with van der Waals surface area (Å²) in [7, 11) is 0. The van der Waals surface area contributed by atoms with Crippen LogP contribution in [0.5, 0.6) is 0 Å². The quantitative estimate of drug-likeness (QED) is 0.763. The van der Waals surface area contributed by atoms with Crippen molar-refractivity contribution in [2.75, 3.05) is 5.73 Å². The summed E-state index contributed by atoms with van der Waals surface area (Å²) in [6.07, 6.45) is 1.39. The summed E-state index contributed by atoms with van der Waals surface area (Å²) in [5, 5.41) is 9.74. The van der Waals surface area contributed by atoms with Crippen LogP contribution >= 0.6 is 11.8 Å². The normalized spacial score (nSPS) is 10.8. The highest BCUT2D eigenvalue weighted by Crippen LogP contribution is 2.33. The molecule has 0 saturated carbocycles. The molecule has 7 heteroatoms. The Kier molecular flexibility index (Phi) is 3.03. The molecule has 6 nitrogen and oxygen atoms in total. The first-order valence-corrected chi connectivity index (χ1v) is 6.48. The van der Waals surface area contributed by atoms with Crippen LogP contribution in [0, 0.1) is 0 Å². The molecule has 0 bridgehead atoms. The van der Waals surface area contributed by atoms with Gasteiger partial charge in [-0.25, -0.2) is 14.8 Å². The molecular weight excluding hydrogens is 278 g/mol. The number of aromatic nitrogens is 2. The second-order valence-corrected chi connectivity index (χ2v) is 4.87. The second-order valence-electron chi connectivity index (χ2n) is 3.93. The van der Waals surface area contributed by atoms with Gasteiger partial charge in [-0.2, -0.15) is 0 Å². The third-order valence-electron chi connectivity index (χ3n) is 2.64. The summed E-state index contributed by atoms with van der Waals surface area (Å²) in [4.78, 5) is 19.3. The van der Waals surface area contributed by atoms with Crippen LogP contribution in [0.1, 0.15) is 10.4 Å². The number of hydrogen-bond acceptors (Lipinski definition) is 6. The lowest BCUT2D eigenvalue weighted by Crippen LogP contribution is -2.04. The van der Waals surface area contributed by atoms with E-state index >= 15 is 0 Å². The molecule has 1 aromatic carbocycles. The fourth-order valence-corrected chi connectivity index (χ4v) is 2.47. The van der Waals surface area contributed by atoms with Crippen LogP contribution < -0.4 is 5.73 Å². The average Bonchev–Trinajstić information content (AvgIpc) is 2.83. The maximum absolute atomic E-state index is 11.0. The Balaban J connectivity index is 1.98. The largest absolute Gasteiger partial charge is 0.478 e. The average molecular weight is 287 g/mol. The summed E-state index contributed by atoms with van der Waals surface area (Å²) in [6.45, 7) is 0. The fourth-order valence-electron chi connectivity index (χ4n) is 1.70. The van der Waals surface area contributed by atoms with Gasteiger partial charge in [-0.15, -0.1) is 0 Å². The first-order chi connectivity index (χ1) is 9.65. The van der Waals surface area contributed by atoms with E-state index in [2.05, 4.69) is 9.97 Å². The first kappa shape index (κ1) is 12.5. The minimum absolute atomic E-state index is 0.0126. The predicted molar refractivity (Wildman–Crippen MR) is 73.7 cm³/mol. The molecule has 0 spiro atoms. The SMILES string of the molecule is Nc1c(C(=O)O)ccnc1Sc1nc2ccccc2o1. The molecule has 3 N–H and O–H groups in total. The van der Waals surface area contributed by atoms with Crippen molar-refractivity contribution in [2.45, 2.75) is 10.2 Å². The molecule has 3 rings (SSSR count). The van der Waals surface area contributed by atoms with Gasteiger partial charge in [0, 0.05) is 6.20 Å². The molecule has 0 aliphatic carbocycles. The van der Waals surface area contributed by atoms with Crippen LogP contribution in [0.25, 0.3) is 11.1 Å². The maximum atomic E-state index is 11.0. The van der Waals surface area contributed by atoms with Crippen LogP contribution in [0.4, 0.5) is 5.69 Å². The molecule has 20 heavy (non-hydrogen) atoms. The lowest BCUT2D eigenvalue weighted by atomic mass is 10.2. The molecule has 2 aromatic heterocycles. The van der Waals surface area contributed by atoms with Gasteiger partial charge in [0.15, 0.2) is 5.58 Å². The van der Waals surface area contributed by atoms with E-state index in [1.165, 1.54) is 12.3 Å². The third-order valence-corrected chi connectivity index (χ3v) is 3.51. The standard InChI is InChI=1S/C13H9N3O3S/c14-10-7(12(17)18)5-6-15-11(10)20-13-16-8-3-1-2-4-9(8)19-13/h1-6H,14H2,(H,17,18). The van der Waals surface area contributed by atoms with Crippen molar-refractivity contribution < 1.29 is 14.3 Å². The Morgan fingerprint density at radius 1 is 1.30 bits per heavy atom.